The number of amides is 2. The maximum absolute atomic E-state index is 13.1. The van der Waals surface area contributed by atoms with Crippen LogP contribution in [0, 0.1) is 16.7 Å². The van der Waals surface area contributed by atoms with Gasteiger partial charge in [0.25, 0.3) is 17.6 Å². The summed E-state index contributed by atoms with van der Waals surface area (Å²) in [5.74, 6) is -4.66. The average molecular weight is 450 g/mol. The lowest BCUT2D eigenvalue weighted by molar-refractivity contribution is -0.132. The number of aliphatic hydroxyl groups is 1. The minimum atomic E-state index is -2.98. The van der Waals surface area contributed by atoms with Crippen molar-refractivity contribution in [3.05, 3.63) is 35.4 Å². The standard InChI is InChI=1S/C20H24F2N6O4/c1-10-6-13(26-27-15(10)32-9-18(3,21)22)11(2)28-7-12(19(4-5-19)17(28)30)14(23)25-16(29)20(31)8-24-20/h4-6,8,11-12,26-27,31H,7,9H2,1-3H3,(H2,23,25,29). The van der Waals surface area contributed by atoms with E-state index in [2.05, 4.69) is 21.2 Å². The van der Waals surface area contributed by atoms with Gasteiger partial charge in [-0.2, -0.15) is 0 Å². The highest BCUT2D eigenvalue weighted by Gasteiger charge is 2.60. The zero-order chi connectivity index (χ0) is 23.5. The van der Waals surface area contributed by atoms with E-state index >= 15 is 0 Å². The van der Waals surface area contributed by atoms with Gasteiger partial charge in [-0.05, 0) is 19.9 Å². The molecule has 5 N–H and O–H groups in total. The highest BCUT2D eigenvalue weighted by Crippen LogP contribution is 2.50. The van der Waals surface area contributed by atoms with Crippen LogP contribution in [0.2, 0.25) is 0 Å². The molecule has 4 aliphatic rings. The second-order valence-corrected chi connectivity index (χ2v) is 8.53. The summed E-state index contributed by atoms with van der Waals surface area (Å²) in [7, 11) is 0. The smallest absolute Gasteiger partial charge is 0.286 e. The van der Waals surface area contributed by atoms with E-state index in [4.69, 9.17) is 10.1 Å². The van der Waals surface area contributed by atoms with Crippen LogP contribution in [0.1, 0.15) is 20.8 Å². The van der Waals surface area contributed by atoms with Crippen LogP contribution in [0.4, 0.5) is 8.78 Å². The Hall–Kier alpha value is -3.28. The molecule has 3 aliphatic heterocycles. The van der Waals surface area contributed by atoms with Crippen molar-refractivity contribution in [1.82, 2.24) is 21.1 Å². The predicted molar refractivity (Wildman–Crippen MR) is 109 cm³/mol. The van der Waals surface area contributed by atoms with Gasteiger partial charge >= 0.3 is 0 Å². The summed E-state index contributed by atoms with van der Waals surface area (Å²) in [6.45, 7) is 3.63. The molecule has 0 aromatic heterocycles. The van der Waals surface area contributed by atoms with E-state index in [0.29, 0.717) is 11.3 Å². The van der Waals surface area contributed by atoms with Crippen molar-refractivity contribution in [3.63, 3.8) is 0 Å². The molecule has 0 bridgehead atoms. The maximum Gasteiger partial charge on any atom is 0.286 e. The van der Waals surface area contributed by atoms with E-state index in [0.717, 1.165) is 13.1 Å². The Bertz CT molecular complexity index is 1000. The minimum Gasteiger partial charge on any atom is -0.471 e. The Kier molecular flexibility index (Phi) is 4.88. The highest BCUT2D eigenvalue weighted by molar-refractivity contribution is 6.16. The van der Waals surface area contributed by atoms with Gasteiger partial charge in [-0.15, -0.1) is 0 Å². The lowest BCUT2D eigenvalue weighted by atomic mass is 9.88. The predicted octanol–water partition coefficient (Wildman–Crippen LogP) is 0.151. The highest BCUT2D eigenvalue weighted by atomic mass is 19.3. The topological polar surface area (TPSA) is 139 Å². The number of halogens is 2. The van der Waals surface area contributed by atoms with Crippen LogP contribution in [0.5, 0.6) is 0 Å². The first-order valence-corrected chi connectivity index (χ1v) is 10.0. The number of carbonyl (C=O) groups excluding carboxylic acids is 2. The van der Waals surface area contributed by atoms with Crippen molar-refractivity contribution in [2.24, 2.45) is 16.3 Å². The Labute approximate surface area is 182 Å². The first-order valence-electron chi connectivity index (χ1n) is 10.0. The number of hydrogen-bond donors (Lipinski definition) is 5. The fourth-order valence-electron chi connectivity index (χ4n) is 3.74. The zero-order valence-corrected chi connectivity index (χ0v) is 17.7. The van der Waals surface area contributed by atoms with Crippen LogP contribution in [0.3, 0.4) is 0 Å². The van der Waals surface area contributed by atoms with Gasteiger partial charge in [0.15, 0.2) is 6.61 Å². The van der Waals surface area contributed by atoms with Gasteiger partial charge < -0.3 is 25.5 Å². The summed E-state index contributed by atoms with van der Waals surface area (Å²) in [6, 6.07) is -0.442. The quantitative estimate of drug-likeness (QED) is 0.213. The van der Waals surface area contributed by atoms with Crippen molar-refractivity contribution in [3.8, 4) is 0 Å². The molecule has 4 rings (SSSR count). The Morgan fingerprint density at radius 3 is 2.69 bits per heavy atom. The molecule has 1 fully saturated rings. The van der Waals surface area contributed by atoms with E-state index in [-0.39, 0.29) is 24.2 Å². The van der Waals surface area contributed by atoms with E-state index in [1.807, 2.05) is 0 Å². The van der Waals surface area contributed by atoms with Gasteiger partial charge in [0.1, 0.15) is 5.84 Å². The summed E-state index contributed by atoms with van der Waals surface area (Å²) >= 11 is 0. The maximum atomic E-state index is 13.1. The summed E-state index contributed by atoms with van der Waals surface area (Å²) in [5.41, 5.74) is 3.94. The van der Waals surface area contributed by atoms with E-state index in [1.54, 1.807) is 37.0 Å². The van der Waals surface area contributed by atoms with Gasteiger partial charge in [0, 0.05) is 19.0 Å². The lowest BCUT2D eigenvalue weighted by Gasteiger charge is -2.31. The number of allylic oxidation sites excluding steroid dienone is 2. The molecule has 0 aromatic carbocycles. The number of likely N-dealkylation sites (tertiary alicyclic amines) is 1. The molecule has 10 nitrogen and oxygen atoms in total. The van der Waals surface area contributed by atoms with Crippen LogP contribution in [0.25, 0.3) is 0 Å². The number of ether oxygens (including phenoxy) is 1. The molecular formula is C20H24F2N6O4. The first kappa shape index (κ1) is 21.9. The minimum absolute atomic E-state index is 0.165. The molecule has 0 saturated carbocycles. The van der Waals surface area contributed by atoms with Crippen LogP contribution in [0.15, 0.2) is 40.4 Å². The van der Waals surface area contributed by atoms with Crippen molar-refractivity contribution in [1.29, 1.82) is 5.41 Å². The monoisotopic (exact) mass is 450 g/mol. The molecule has 1 aliphatic carbocycles. The average Bonchev–Trinajstić information content (AvgIpc) is 3.62. The summed E-state index contributed by atoms with van der Waals surface area (Å²) in [5, 5.41) is 20.4. The molecule has 0 aromatic rings. The number of hydrogen-bond acceptors (Lipinski definition) is 8. The van der Waals surface area contributed by atoms with E-state index in [9.17, 15) is 23.5 Å². The van der Waals surface area contributed by atoms with Gasteiger partial charge in [0.2, 0.25) is 11.8 Å². The van der Waals surface area contributed by atoms with E-state index < -0.39 is 41.5 Å². The van der Waals surface area contributed by atoms with Gasteiger partial charge in [-0.25, -0.2) is 13.8 Å². The molecule has 3 atom stereocenters. The molecule has 12 heteroatoms. The van der Waals surface area contributed by atoms with Crippen molar-refractivity contribution >= 4 is 23.9 Å². The van der Waals surface area contributed by atoms with Gasteiger partial charge in [0.05, 0.1) is 29.3 Å². The normalized spacial score (nSPS) is 28.2. The second-order valence-electron chi connectivity index (χ2n) is 8.53. The second kappa shape index (κ2) is 7.12. The molecule has 3 heterocycles. The Balaban J connectivity index is 1.45. The third-order valence-electron chi connectivity index (χ3n) is 5.86. The summed E-state index contributed by atoms with van der Waals surface area (Å²) < 4.78 is 31.2. The third kappa shape index (κ3) is 3.85. The number of amidine groups is 1. The fraction of sp³-hybridized carbons (Fsp3) is 0.500. The Morgan fingerprint density at radius 2 is 2.16 bits per heavy atom. The number of carbonyl (C=O) groups is 2. The Morgan fingerprint density at radius 1 is 1.50 bits per heavy atom. The van der Waals surface area contributed by atoms with Gasteiger partial charge in [-0.3, -0.25) is 20.4 Å². The molecule has 172 valence electrons. The van der Waals surface area contributed by atoms with Crippen molar-refractivity contribution in [2.45, 2.75) is 38.5 Å². The number of hydrazine groups is 1. The lowest BCUT2D eigenvalue weighted by Crippen LogP contribution is -2.47. The zero-order valence-electron chi connectivity index (χ0n) is 17.7. The SMILES string of the molecule is CC1=C(OCC(C)(F)F)NNC(C(C)N2CC(C(=N)NC(=O)C3(O)C=N3)C3(C=C3)C2=O)=C1. The summed E-state index contributed by atoms with van der Waals surface area (Å²) in [6.07, 6.45) is 6.15. The fourth-order valence-corrected chi connectivity index (χ4v) is 3.74. The molecular weight excluding hydrogens is 426 g/mol. The third-order valence-corrected chi connectivity index (χ3v) is 5.86. The van der Waals surface area contributed by atoms with Crippen LogP contribution in [-0.2, 0) is 14.3 Å². The number of nitrogens with one attached hydrogen (secondary N) is 4. The van der Waals surface area contributed by atoms with Crippen molar-refractivity contribution in [2.75, 3.05) is 13.2 Å². The number of aliphatic imine (C=N–C) groups is 1. The van der Waals surface area contributed by atoms with Gasteiger partial charge in [-0.1, -0.05) is 12.2 Å². The number of rotatable bonds is 7. The van der Waals surface area contributed by atoms with Crippen LogP contribution in [-0.4, -0.2) is 64.7 Å². The molecule has 2 amide bonds. The first-order chi connectivity index (χ1) is 14.9. The molecule has 0 radical (unpaired) electrons. The molecule has 1 saturated heterocycles. The molecule has 32 heavy (non-hydrogen) atoms. The van der Waals surface area contributed by atoms with E-state index in [1.165, 1.54) is 0 Å². The number of nitrogens with zero attached hydrogens (tertiary/aromatic N) is 2. The van der Waals surface area contributed by atoms with Crippen LogP contribution >= 0.6 is 0 Å². The van der Waals surface area contributed by atoms with Crippen molar-refractivity contribution < 1.29 is 28.2 Å². The molecule has 3 unspecified atom stereocenters. The van der Waals surface area contributed by atoms with Crippen LogP contribution < -0.4 is 16.2 Å². The largest absolute Gasteiger partial charge is 0.471 e. The molecule has 1 spiro atoms. The summed E-state index contributed by atoms with van der Waals surface area (Å²) in [4.78, 5) is 30.2. The number of alkyl halides is 2.